The van der Waals surface area contributed by atoms with Crippen molar-refractivity contribution in [1.29, 1.82) is 0 Å². The van der Waals surface area contributed by atoms with Crippen LogP contribution in [0.4, 0.5) is 0 Å². The van der Waals surface area contributed by atoms with Crippen molar-refractivity contribution in [1.82, 2.24) is 10.6 Å². The number of amides is 1. The third-order valence-electron chi connectivity index (χ3n) is 4.74. The van der Waals surface area contributed by atoms with Crippen LogP contribution in [0.2, 0.25) is 0 Å². The van der Waals surface area contributed by atoms with Gasteiger partial charge in [0.25, 0.3) is 0 Å². The predicted molar refractivity (Wildman–Crippen MR) is 78.6 cm³/mol. The topological polar surface area (TPSA) is 50.4 Å². The average molecular weight is 291 g/mol. The van der Waals surface area contributed by atoms with Crippen LogP contribution >= 0.6 is 12.4 Å². The Kier molecular flexibility index (Phi) is 6.09. The van der Waals surface area contributed by atoms with Gasteiger partial charge in [-0.1, -0.05) is 13.8 Å². The van der Waals surface area contributed by atoms with Gasteiger partial charge in [-0.2, -0.15) is 0 Å². The number of halogens is 1. The summed E-state index contributed by atoms with van der Waals surface area (Å²) < 4.78 is 5.39. The van der Waals surface area contributed by atoms with Crippen LogP contribution < -0.4 is 10.6 Å². The van der Waals surface area contributed by atoms with E-state index in [1.54, 1.807) is 7.11 Å². The zero-order valence-corrected chi connectivity index (χ0v) is 13.0. The van der Waals surface area contributed by atoms with Crippen molar-refractivity contribution < 1.29 is 9.53 Å². The summed E-state index contributed by atoms with van der Waals surface area (Å²) in [6.45, 7) is 6.51. The number of hydrogen-bond acceptors (Lipinski definition) is 3. The second-order valence-electron chi connectivity index (χ2n) is 6.30. The number of ether oxygens (including phenoxy) is 1. The standard InChI is InChI=1S/C14H26N2O2.ClH/c1-14(2)11(8-12(14)18-3)16-13(17)5-4-10-6-7-15-9-10;/h10-12,15H,4-9H2,1-3H3,(H,16,17);1H. The van der Waals surface area contributed by atoms with Gasteiger partial charge in [0.15, 0.2) is 0 Å². The van der Waals surface area contributed by atoms with Crippen LogP contribution in [-0.4, -0.2) is 38.3 Å². The highest BCUT2D eigenvalue weighted by atomic mass is 35.5. The number of methoxy groups -OCH3 is 1. The van der Waals surface area contributed by atoms with E-state index >= 15 is 0 Å². The van der Waals surface area contributed by atoms with E-state index in [2.05, 4.69) is 24.5 Å². The number of nitrogens with one attached hydrogen (secondary N) is 2. The maximum atomic E-state index is 11.9. The highest BCUT2D eigenvalue weighted by Crippen LogP contribution is 2.42. The lowest BCUT2D eigenvalue weighted by Crippen LogP contribution is -2.61. The van der Waals surface area contributed by atoms with Crippen LogP contribution in [0, 0.1) is 11.3 Å². The lowest BCUT2D eigenvalue weighted by Gasteiger charge is -2.51. The molecule has 0 aromatic carbocycles. The Morgan fingerprint density at radius 1 is 1.47 bits per heavy atom. The van der Waals surface area contributed by atoms with E-state index in [0.717, 1.165) is 25.9 Å². The van der Waals surface area contributed by atoms with Crippen LogP contribution in [0.5, 0.6) is 0 Å². The van der Waals surface area contributed by atoms with Gasteiger partial charge in [-0.25, -0.2) is 0 Å². The molecule has 0 spiro atoms. The highest BCUT2D eigenvalue weighted by Gasteiger charge is 2.49. The molecule has 2 rings (SSSR count). The quantitative estimate of drug-likeness (QED) is 0.811. The zero-order chi connectivity index (χ0) is 13.2. The van der Waals surface area contributed by atoms with Crippen molar-refractivity contribution in [2.75, 3.05) is 20.2 Å². The number of carbonyl (C=O) groups excluding carboxylic acids is 1. The molecule has 0 bridgehead atoms. The molecule has 4 nitrogen and oxygen atoms in total. The van der Waals surface area contributed by atoms with Crippen LogP contribution in [0.1, 0.15) is 39.5 Å². The summed E-state index contributed by atoms with van der Waals surface area (Å²) >= 11 is 0. The number of carbonyl (C=O) groups is 1. The molecule has 1 aliphatic carbocycles. The van der Waals surface area contributed by atoms with Gasteiger partial charge in [-0.3, -0.25) is 4.79 Å². The smallest absolute Gasteiger partial charge is 0.220 e. The molecule has 1 saturated heterocycles. The summed E-state index contributed by atoms with van der Waals surface area (Å²) in [4.78, 5) is 11.9. The van der Waals surface area contributed by atoms with E-state index in [1.165, 1.54) is 6.42 Å². The molecule has 112 valence electrons. The molecule has 2 aliphatic rings. The molecule has 1 saturated carbocycles. The Balaban J connectivity index is 0.00000180. The molecule has 2 N–H and O–H groups in total. The summed E-state index contributed by atoms with van der Waals surface area (Å²) in [5.41, 5.74) is 0.0688. The molecule has 2 fully saturated rings. The summed E-state index contributed by atoms with van der Waals surface area (Å²) in [7, 11) is 1.75. The fraction of sp³-hybridized carbons (Fsp3) is 0.929. The van der Waals surface area contributed by atoms with Crippen LogP contribution in [0.3, 0.4) is 0 Å². The Bertz CT molecular complexity index is 304. The van der Waals surface area contributed by atoms with Crippen LogP contribution in [-0.2, 0) is 9.53 Å². The molecule has 3 unspecified atom stereocenters. The summed E-state index contributed by atoms with van der Waals surface area (Å²) in [5, 5.41) is 6.49. The lowest BCUT2D eigenvalue weighted by molar-refractivity contribution is -0.132. The minimum absolute atomic E-state index is 0. The predicted octanol–water partition coefficient (Wildman–Crippen LogP) is 1.73. The molecular formula is C14H27ClN2O2. The molecule has 19 heavy (non-hydrogen) atoms. The fourth-order valence-electron chi connectivity index (χ4n) is 3.09. The minimum atomic E-state index is 0. The van der Waals surface area contributed by atoms with Gasteiger partial charge in [0.1, 0.15) is 0 Å². The molecule has 0 aromatic rings. The summed E-state index contributed by atoms with van der Waals surface area (Å²) in [5.74, 6) is 0.895. The second kappa shape index (κ2) is 6.91. The molecule has 0 radical (unpaired) electrons. The lowest BCUT2D eigenvalue weighted by atomic mass is 9.64. The first kappa shape index (κ1) is 16.7. The zero-order valence-electron chi connectivity index (χ0n) is 12.2. The normalized spacial score (nSPS) is 32.3. The monoisotopic (exact) mass is 290 g/mol. The van der Waals surface area contributed by atoms with E-state index in [4.69, 9.17) is 4.74 Å². The van der Waals surface area contributed by atoms with Crippen molar-refractivity contribution in [3.63, 3.8) is 0 Å². The summed E-state index contributed by atoms with van der Waals surface area (Å²) in [6.07, 6.45) is 4.12. The van der Waals surface area contributed by atoms with E-state index in [9.17, 15) is 4.79 Å². The number of rotatable bonds is 5. The van der Waals surface area contributed by atoms with Crippen molar-refractivity contribution in [3.05, 3.63) is 0 Å². The molecule has 1 aliphatic heterocycles. The fourth-order valence-corrected chi connectivity index (χ4v) is 3.09. The molecular weight excluding hydrogens is 264 g/mol. The minimum Gasteiger partial charge on any atom is -0.381 e. The number of hydrogen-bond donors (Lipinski definition) is 2. The molecule has 1 heterocycles. The maximum Gasteiger partial charge on any atom is 0.220 e. The Morgan fingerprint density at radius 3 is 2.74 bits per heavy atom. The Labute approximate surface area is 122 Å². The summed E-state index contributed by atoms with van der Waals surface area (Å²) in [6, 6.07) is 0.275. The SMILES string of the molecule is COC1CC(NC(=O)CCC2CCNC2)C1(C)C.Cl. The van der Waals surface area contributed by atoms with Gasteiger partial charge in [0.05, 0.1) is 6.10 Å². The van der Waals surface area contributed by atoms with Crippen molar-refractivity contribution >= 4 is 18.3 Å². The second-order valence-corrected chi connectivity index (χ2v) is 6.30. The van der Waals surface area contributed by atoms with E-state index in [1.807, 2.05) is 0 Å². The first-order chi connectivity index (χ1) is 8.54. The van der Waals surface area contributed by atoms with Gasteiger partial charge in [0.2, 0.25) is 5.91 Å². The van der Waals surface area contributed by atoms with Gasteiger partial charge >= 0.3 is 0 Å². The largest absolute Gasteiger partial charge is 0.381 e. The van der Waals surface area contributed by atoms with Crippen LogP contribution in [0.25, 0.3) is 0 Å². The average Bonchev–Trinajstić information content (AvgIpc) is 2.84. The Morgan fingerprint density at radius 2 is 2.21 bits per heavy atom. The third-order valence-corrected chi connectivity index (χ3v) is 4.74. The van der Waals surface area contributed by atoms with E-state index in [-0.39, 0.29) is 35.9 Å². The van der Waals surface area contributed by atoms with E-state index < -0.39 is 0 Å². The molecule has 1 amide bonds. The van der Waals surface area contributed by atoms with Crippen molar-refractivity contribution in [3.8, 4) is 0 Å². The van der Waals surface area contributed by atoms with Crippen molar-refractivity contribution in [2.45, 2.75) is 51.7 Å². The van der Waals surface area contributed by atoms with Gasteiger partial charge < -0.3 is 15.4 Å². The third kappa shape index (κ3) is 3.83. The Hall–Kier alpha value is -0.320. The van der Waals surface area contributed by atoms with Gasteiger partial charge in [-0.15, -0.1) is 12.4 Å². The molecule has 3 atom stereocenters. The van der Waals surface area contributed by atoms with Crippen LogP contribution in [0.15, 0.2) is 0 Å². The first-order valence-electron chi connectivity index (χ1n) is 7.07. The van der Waals surface area contributed by atoms with Crippen molar-refractivity contribution in [2.24, 2.45) is 11.3 Å². The van der Waals surface area contributed by atoms with E-state index in [0.29, 0.717) is 12.3 Å². The maximum absolute atomic E-state index is 11.9. The van der Waals surface area contributed by atoms with Gasteiger partial charge in [-0.05, 0) is 38.3 Å². The molecule has 0 aromatic heterocycles. The first-order valence-corrected chi connectivity index (χ1v) is 7.07. The molecule has 5 heteroatoms. The highest BCUT2D eigenvalue weighted by molar-refractivity contribution is 5.85. The van der Waals surface area contributed by atoms with Gasteiger partial charge in [0, 0.05) is 25.0 Å².